The lowest BCUT2D eigenvalue weighted by molar-refractivity contribution is 0.0138. The normalized spacial score (nSPS) is 13.6. The Balaban J connectivity index is 2.04. The zero-order valence-electron chi connectivity index (χ0n) is 12.9. The van der Waals surface area contributed by atoms with Crippen LogP contribution in [0.5, 0.6) is 0 Å². The minimum Gasteiger partial charge on any atom is -0.392 e. The number of fused-ring (bicyclic) bond motifs is 1. The van der Waals surface area contributed by atoms with Gasteiger partial charge in [0.1, 0.15) is 5.69 Å². The van der Waals surface area contributed by atoms with Crippen LogP contribution in [0, 0.1) is 11.3 Å². The molecule has 114 valence electrons. The third-order valence-corrected chi connectivity index (χ3v) is 3.60. The first-order chi connectivity index (χ1) is 9.81. The van der Waals surface area contributed by atoms with Gasteiger partial charge in [-0.05, 0) is 12.0 Å². The summed E-state index contributed by atoms with van der Waals surface area (Å²) in [6, 6.07) is 1.78. The molecule has 1 amide bonds. The van der Waals surface area contributed by atoms with Gasteiger partial charge in [0, 0.05) is 30.6 Å². The molecule has 0 aliphatic rings. The van der Waals surface area contributed by atoms with E-state index in [0.29, 0.717) is 18.0 Å². The third-order valence-electron chi connectivity index (χ3n) is 3.60. The number of nitrogens with zero attached hydrogens (tertiary/aromatic N) is 3. The van der Waals surface area contributed by atoms with Crippen LogP contribution in [0.25, 0.3) is 5.78 Å². The van der Waals surface area contributed by atoms with Gasteiger partial charge in [-0.1, -0.05) is 27.7 Å². The molecule has 6 heteroatoms. The van der Waals surface area contributed by atoms with Crippen LogP contribution in [0.1, 0.15) is 38.2 Å². The van der Waals surface area contributed by atoms with Crippen molar-refractivity contribution in [1.82, 2.24) is 19.7 Å². The maximum absolute atomic E-state index is 12.2. The molecular weight excluding hydrogens is 268 g/mol. The average molecular weight is 290 g/mol. The summed E-state index contributed by atoms with van der Waals surface area (Å²) in [5, 5.41) is 13.0. The van der Waals surface area contributed by atoms with Gasteiger partial charge in [-0.3, -0.25) is 9.20 Å². The van der Waals surface area contributed by atoms with Gasteiger partial charge in [0.05, 0.1) is 6.10 Å². The number of aliphatic hydroxyl groups excluding tert-OH is 1. The van der Waals surface area contributed by atoms with E-state index in [1.165, 1.54) is 0 Å². The topological polar surface area (TPSA) is 79.5 Å². The number of nitrogens with one attached hydrogen (secondary N) is 1. The monoisotopic (exact) mass is 290 g/mol. The van der Waals surface area contributed by atoms with Crippen LogP contribution in [0.3, 0.4) is 0 Å². The summed E-state index contributed by atoms with van der Waals surface area (Å²) in [5.41, 5.74) is -0.0788. The second kappa shape index (κ2) is 5.81. The predicted molar refractivity (Wildman–Crippen MR) is 79.9 cm³/mol. The molecule has 0 saturated heterocycles. The summed E-state index contributed by atoms with van der Waals surface area (Å²) in [7, 11) is 0. The van der Waals surface area contributed by atoms with E-state index in [2.05, 4.69) is 15.3 Å². The second-order valence-electron chi connectivity index (χ2n) is 6.31. The number of rotatable bonds is 5. The van der Waals surface area contributed by atoms with Gasteiger partial charge in [0.2, 0.25) is 5.78 Å². The van der Waals surface area contributed by atoms with Crippen molar-refractivity contribution in [3.63, 3.8) is 0 Å². The molecule has 0 bridgehead atoms. The first kappa shape index (κ1) is 15.4. The Kier molecular flexibility index (Phi) is 4.27. The predicted octanol–water partition coefficient (Wildman–Crippen LogP) is 1.50. The second-order valence-corrected chi connectivity index (χ2v) is 6.31. The fourth-order valence-electron chi connectivity index (χ4n) is 2.34. The lowest BCUT2D eigenvalue weighted by Crippen LogP contribution is -2.43. The average Bonchev–Trinajstić information content (AvgIpc) is 2.87. The molecule has 0 radical (unpaired) electrons. The molecule has 2 aromatic rings. The highest BCUT2D eigenvalue weighted by molar-refractivity contribution is 5.92. The van der Waals surface area contributed by atoms with E-state index in [9.17, 15) is 9.90 Å². The maximum atomic E-state index is 12.2. The number of aliphatic hydroxyl groups is 1. The van der Waals surface area contributed by atoms with Crippen molar-refractivity contribution >= 4 is 11.7 Å². The van der Waals surface area contributed by atoms with E-state index in [1.807, 2.05) is 27.7 Å². The highest BCUT2D eigenvalue weighted by Gasteiger charge is 2.30. The third kappa shape index (κ3) is 3.39. The minimum atomic E-state index is -0.486. The van der Waals surface area contributed by atoms with E-state index in [4.69, 9.17) is 0 Å². The lowest BCUT2D eigenvalue weighted by atomic mass is 9.80. The standard InChI is InChI=1S/C15H22N4O2/c1-10(2)12(20)15(3,4)9-17-13(21)11-8-19-7-5-6-16-14(19)18-11/h5-8,10,12,20H,9H2,1-4H3,(H,17,21). The molecule has 0 aliphatic carbocycles. The minimum absolute atomic E-state index is 0.135. The molecule has 0 spiro atoms. The number of amides is 1. The van der Waals surface area contributed by atoms with Gasteiger partial charge in [-0.2, -0.15) is 0 Å². The summed E-state index contributed by atoms with van der Waals surface area (Å²) in [4.78, 5) is 20.4. The molecule has 2 heterocycles. The number of hydrogen-bond donors (Lipinski definition) is 2. The molecule has 6 nitrogen and oxygen atoms in total. The molecule has 0 aliphatic heterocycles. The van der Waals surface area contributed by atoms with E-state index in [-0.39, 0.29) is 11.8 Å². The molecular formula is C15H22N4O2. The Morgan fingerprint density at radius 2 is 2.19 bits per heavy atom. The SMILES string of the molecule is CC(C)C(O)C(C)(C)CNC(=O)c1cn2cccnc2n1. The zero-order chi connectivity index (χ0) is 15.6. The Bertz CT molecular complexity index is 600. The number of carbonyl (C=O) groups excluding carboxylic acids is 1. The molecule has 0 aromatic carbocycles. The van der Waals surface area contributed by atoms with Crippen molar-refractivity contribution in [2.45, 2.75) is 33.8 Å². The van der Waals surface area contributed by atoms with Crippen LogP contribution >= 0.6 is 0 Å². The van der Waals surface area contributed by atoms with Crippen molar-refractivity contribution in [3.8, 4) is 0 Å². The molecule has 1 unspecified atom stereocenters. The molecule has 21 heavy (non-hydrogen) atoms. The highest BCUT2D eigenvalue weighted by atomic mass is 16.3. The molecule has 0 fully saturated rings. The van der Waals surface area contributed by atoms with E-state index < -0.39 is 11.5 Å². The van der Waals surface area contributed by atoms with Crippen molar-refractivity contribution < 1.29 is 9.90 Å². The van der Waals surface area contributed by atoms with Crippen LogP contribution in [-0.2, 0) is 0 Å². The first-order valence-corrected chi connectivity index (χ1v) is 7.07. The zero-order valence-corrected chi connectivity index (χ0v) is 12.9. The Hall–Kier alpha value is -1.95. The smallest absolute Gasteiger partial charge is 0.271 e. The molecule has 1 atom stereocenters. The van der Waals surface area contributed by atoms with Gasteiger partial charge in [-0.25, -0.2) is 9.97 Å². The van der Waals surface area contributed by atoms with E-state index in [0.717, 1.165) is 0 Å². The summed E-state index contributed by atoms with van der Waals surface area (Å²) in [5.74, 6) is 0.366. The summed E-state index contributed by atoms with van der Waals surface area (Å²) in [6.45, 7) is 8.17. The molecule has 2 aromatic heterocycles. The van der Waals surface area contributed by atoms with Crippen molar-refractivity contribution in [2.75, 3.05) is 6.54 Å². The van der Waals surface area contributed by atoms with Crippen LogP contribution in [-0.4, -0.2) is 38.0 Å². The van der Waals surface area contributed by atoms with Gasteiger partial charge < -0.3 is 10.4 Å². The van der Waals surface area contributed by atoms with Gasteiger partial charge in [0.15, 0.2) is 0 Å². The van der Waals surface area contributed by atoms with E-state index >= 15 is 0 Å². The van der Waals surface area contributed by atoms with Crippen molar-refractivity contribution in [3.05, 3.63) is 30.4 Å². The molecule has 2 rings (SSSR count). The Morgan fingerprint density at radius 3 is 2.81 bits per heavy atom. The summed E-state index contributed by atoms with van der Waals surface area (Å²) >= 11 is 0. The first-order valence-electron chi connectivity index (χ1n) is 7.07. The van der Waals surface area contributed by atoms with Crippen LogP contribution < -0.4 is 5.32 Å². The highest BCUT2D eigenvalue weighted by Crippen LogP contribution is 2.25. The Labute approximate surface area is 124 Å². The molecule has 2 N–H and O–H groups in total. The van der Waals surface area contributed by atoms with Gasteiger partial charge >= 0.3 is 0 Å². The van der Waals surface area contributed by atoms with Crippen molar-refractivity contribution in [1.29, 1.82) is 0 Å². The summed E-state index contributed by atoms with van der Waals surface area (Å²) in [6.07, 6.45) is 4.58. The van der Waals surface area contributed by atoms with Crippen LogP contribution in [0.2, 0.25) is 0 Å². The van der Waals surface area contributed by atoms with Crippen molar-refractivity contribution in [2.24, 2.45) is 11.3 Å². The van der Waals surface area contributed by atoms with Crippen LogP contribution in [0.15, 0.2) is 24.7 Å². The fourth-order valence-corrected chi connectivity index (χ4v) is 2.34. The number of imidazole rings is 1. The Morgan fingerprint density at radius 1 is 1.48 bits per heavy atom. The number of hydrogen-bond acceptors (Lipinski definition) is 4. The molecule has 0 saturated carbocycles. The van der Waals surface area contributed by atoms with Crippen LogP contribution in [0.4, 0.5) is 0 Å². The van der Waals surface area contributed by atoms with E-state index in [1.54, 1.807) is 29.1 Å². The maximum Gasteiger partial charge on any atom is 0.271 e. The number of aromatic nitrogens is 3. The lowest BCUT2D eigenvalue weighted by Gasteiger charge is -2.33. The van der Waals surface area contributed by atoms with Gasteiger partial charge in [-0.15, -0.1) is 0 Å². The fraction of sp³-hybridized carbons (Fsp3) is 0.533. The number of carbonyl (C=O) groups is 1. The quantitative estimate of drug-likeness (QED) is 0.874. The van der Waals surface area contributed by atoms with Gasteiger partial charge in [0.25, 0.3) is 5.91 Å². The largest absolute Gasteiger partial charge is 0.392 e. The summed E-state index contributed by atoms with van der Waals surface area (Å²) < 4.78 is 1.70.